The van der Waals surface area contributed by atoms with Crippen molar-refractivity contribution in [3.63, 3.8) is 0 Å². The molecule has 5 nitrogen and oxygen atoms in total. The molecule has 0 bridgehead atoms. The number of hydrogen-bond acceptors (Lipinski definition) is 5. The number of rotatable bonds is 4. The van der Waals surface area contributed by atoms with Crippen molar-refractivity contribution in [3.05, 3.63) is 123 Å². The van der Waals surface area contributed by atoms with Gasteiger partial charge in [0.05, 0.1) is 5.25 Å². The molecule has 182 valence electrons. The van der Waals surface area contributed by atoms with E-state index in [2.05, 4.69) is 58.5 Å². The largest absolute Gasteiger partial charge is 0.489 e. The molecule has 36 heavy (non-hydrogen) atoms. The zero-order valence-corrected chi connectivity index (χ0v) is 21.0. The molecule has 0 saturated heterocycles. The van der Waals surface area contributed by atoms with Gasteiger partial charge in [0.2, 0.25) is 0 Å². The summed E-state index contributed by atoms with van der Waals surface area (Å²) in [6.07, 6.45) is 14.3. The highest BCUT2D eigenvalue weighted by molar-refractivity contribution is 7.91. The monoisotopic (exact) mass is 496 g/mol. The van der Waals surface area contributed by atoms with Gasteiger partial charge in [-0.1, -0.05) is 60.7 Å². The van der Waals surface area contributed by atoms with Crippen LogP contribution in [0.15, 0.2) is 85.5 Å². The van der Waals surface area contributed by atoms with Gasteiger partial charge in [-0.25, -0.2) is 8.42 Å². The van der Waals surface area contributed by atoms with E-state index in [0.29, 0.717) is 19.4 Å². The normalized spacial score (nSPS) is 15.5. The summed E-state index contributed by atoms with van der Waals surface area (Å²) in [5, 5.41) is 4.42. The van der Waals surface area contributed by atoms with Gasteiger partial charge in [0.15, 0.2) is 9.84 Å². The second kappa shape index (κ2) is 10.5. The lowest BCUT2D eigenvalue weighted by Crippen LogP contribution is -2.31. The van der Waals surface area contributed by atoms with Crippen molar-refractivity contribution in [3.8, 4) is 5.75 Å². The Morgan fingerprint density at radius 1 is 0.833 bits per heavy atom. The van der Waals surface area contributed by atoms with Crippen LogP contribution >= 0.6 is 0 Å². The van der Waals surface area contributed by atoms with Gasteiger partial charge in [-0.15, -0.1) is 0 Å². The van der Waals surface area contributed by atoms with E-state index in [1.807, 2.05) is 24.3 Å². The molecule has 0 aliphatic heterocycles. The number of hydrogen-bond donors (Lipinski definition) is 0. The quantitative estimate of drug-likeness (QED) is 0.433. The molecule has 1 unspecified atom stereocenters. The smallest absolute Gasteiger partial charge is 0.150 e. The van der Waals surface area contributed by atoms with E-state index in [4.69, 9.17) is 4.74 Å². The number of ether oxygens (including phenoxy) is 1. The van der Waals surface area contributed by atoms with Crippen LogP contribution in [0.1, 0.15) is 23.1 Å². The zero-order valence-electron chi connectivity index (χ0n) is 20.2. The van der Waals surface area contributed by atoms with Gasteiger partial charge in [-0.05, 0) is 69.0 Å². The Balaban J connectivity index is 0.000000391. The molecule has 4 aromatic rings. The van der Waals surface area contributed by atoms with Crippen LogP contribution in [0.2, 0.25) is 0 Å². The summed E-state index contributed by atoms with van der Waals surface area (Å²) in [4.78, 5) is 7.44. The molecule has 0 radical (unpaired) electrons. The second-order valence-electron chi connectivity index (χ2n) is 9.08. The second-order valence-corrected chi connectivity index (χ2v) is 11.4. The average Bonchev–Trinajstić information content (AvgIpc) is 2.92. The fourth-order valence-electron chi connectivity index (χ4n) is 4.77. The molecular weight excluding hydrogens is 468 g/mol. The molecule has 0 spiro atoms. The maximum atomic E-state index is 12.2. The number of nitrogens with zero attached hydrogens (tertiary/aromatic N) is 2. The molecule has 1 heterocycles. The fraction of sp³-hybridized carbons (Fsp3) is 0.200. The van der Waals surface area contributed by atoms with E-state index in [1.54, 1.807) is 24.8 Å². The van der Waals surface area contributed by atoms with Crippen LogP contribution in [-0.4, -0.2) is 29.9 Å². The first-order chi connectivity index (χ1) is 17.5. The van der Waals surface area contributed by atoms with Crippen molar-refractivity contribution in [2.75, 3.05) is 6.26 Å². The Morgan fingerprint density at radius 3 is 2.25 bits per heavy atom. The predicted octanol–water partition coefficient (Wildman–Crippen LogP) is 3.51. The molecule has 0 amide bonds. The summed E-state index contributed by atoms with van der Waals surface area (Å²) in [6, 6.07) is 20.7. The van der Waals surface area contributed by atoms with Crippen molar-refractivity contribution in [2.24, 2.45) is 0 Å². The van der Waals surface area contributed by atoms with Crippen molar-refractivity contribution in [1.82, 2.24) is 9.97 Å². The number of fused-ring (bicyclic) bond motifs is 4. The summed E-state index contributed by atoms with van der Waals surface area (Å²) in [5.41, 5.74) is 3.58. The van der Waals surface area contributed by atoms with Crippen LogP contribution in [0.25, 0.3) is 12.2 Å². The van der Waals surface area contributed by atoms with Crippen molar-refractivity contribution in [1.29, 1.82) is 0 Å². The van der Waals surface area contributed by atoms with Gasteiger partial charge in [0.25, 0.3) is 0 Å². The van der Waals surface area contributed by atoms with Crippen molar-refractivity contribution < 1.29 is 13.2 Å². The van der Waals surface area contributed by atoms with Crippen LogP contribution in [-0.2, 0) is 29.3 Å². The first-order valence-electron chi connectivity index (χ1n) is 12.0. The van der Waals surface area contributed by atoms with Crippen LogP contribution < -0.4 is 15.2 Å². The van der Waals surface area contributed by atoms with E-state index in [1.165, 1.54) is 33.0 Å². The molecular formula is C30H28N2O3S. The molecule has 6 heteroatoms. The Labute approximate surface area is 211 Å². The van der Waals surface area contributed by atoms with E-state index in [0.717, 1.165) is 23.0 Å². The fourth-order valence-corrected chi connectivity index (χ4v) is 5.68. The number of sulfone groups is 1. The third-order valence-corrected chi connectivity index (χ3v) is 8.24. The third-order valence-electron chi connectivity index (χ3n) is 6.67. The van der Waals surface area contributed by atoms with Gasteiger partial charge in [-0.3, -0.25) is 9.97 Å². The molecule has 1 aromatic heterocycles. The standard InChI is InChI=1S/C26H24O3S.C4H4N2/c1-30(27,28)22-12-8-20-10-13-23-24(26(20)16-22)14-9-19-7-11-21(15-25(19)23)29-17-18-5-3-2-4-6-18;1-2-6-4-3-5-1/h2-11,13,15,22H,12,14,16-17H2,1H3;1-4H. The number of benzene rings is 3. The Kier molecular flexibility index (Phi) is 6.96. The lowest BCUT2D eigenvalue weighted by molar-refractivity contribution is 0.306. The minimum atomic E-state index is -3.06. The maximum Gasteiger partial charge on any atom is 0.150 e. The maximum absolute atomic E-state index is 12.2. The first kappa shape index (κ1) is 23.9. The lowest BCUT2D eigenvalue weighted by Gasteiger charge is -2.22. The topological polar surface area (TPSA) is 69.2 Å². The first-order valence-corrected chi connectivity index (χ1v) is 14.0. The molecule has 1 atom stereocenters. The summed E-state index contributed by atoms with van der Waals surface area (Å²) in [6.45, 7) is 0.533. The van der Waals surface area contributed by atoms with Gasteiger partial charge in [-0.2, -0.15) is 0 Å². The molecule has 0 saturated carbocycles. The van der Waals surface area contributed by atoms with E-state index in [-0.39, 0.29) is 5.25 Å². The van der Waals surface area contributed by atoms with Crippen LogP contribution in [0.5, 0.6) is 5.75 Å². The minimum absolute atomic E-state index is 0.321. The van der Waals surface area contributed by atoms with Crippen molar-refractivity contribution in [2.45, 2.75) is 31.1 Å². The highest BCUT2D eigenvalue weighted by Gasteiger charge is 2.25. The van der Waals surface area contributed by atoms with E-state index < -0.39 is 9.84 Å². The SMILES string of the molecule is CS(=O)(=O)C1CC=c2ccc3c(c2C1)CC=c1ccc(OCc2ccccc2)cc1=3.c1cnccn1. The summed E-state index contributed by atoms with van der Waals surface area (Å²) >= 11 is 0. The summed E-state index contributed by atoms with van der Waals surface area (Å²) < 4.78 is 30.4. The zero-order chi connectivity index (χ0) is 25.0. The molecule has 0 N–H and O–H groups in total. The number of aromatic nitrogens is 2. The van der Waals surface area contributed by atoms with Gasteiger partial charge < -0.3 is 4.74 Å². The summed E-state index contributed by atoms with van der Waals surface area (Å²) in [7, 11) is -3.06. The van der Waals surface area contributed by atoms with Crippen LogP contribution in [0.3, 0.4) is 0 Å². The minimum Gasteiger partial charge on any atom is -0.489 e. The highest BCUT2D eigenvalue weighted by atomic mass is 32.2. The van der Waals surface area contributed by atoms with Crippen LogP contribution in [0, 0.1) is 10.4 Å². The average molecular weight is 497 g/mol. The molecule has 3 aromatic carbocycles. The summed E-state index contributed by atoms with van der Waals surface area (Å²) in [5.74, 6) is 0.845. The Bertz CT molecular complexity index is 1660. The molecule has 0 fully saturated rings. The Hall–Kier alpha value is -3.77. The van der Waals surface area contributed by atoms with Crippen molar-refractivity contribution >= 4 is 22.0 Å². The van der Waals surface area contributed by atoms with Gasteiger partial charge in [0.1, 0.15) is 12.4 Å². The van der Waals surface area contributed by atoms with E-state index >= 15 is 0 Å². The molecule has 2 aliphatic carbocycles. The van der Waals surface area contributed by atoms with Gasteiger partial charge in [0, 0.05) is 31.0 Å². The molecule has 6 rings (SSSR count). The van der Waals surface area contributed by atoms with Gasteiger partial charge >= 0.3 is 0 Å². The Morgan fingerprint density at radius 2 is 1.56 bits per heavy atom. The predicted molar refractivity (Wildman–Crippen MR) is 142 cm³/mol. The van der Waals surface area contributed by atoms with Crippen LogP contribution in [0.4, 0.5) is 0 Å². The molecule has 2 aliphatic rings. The van der Waals surface area contributed by atoms with E-state index in [9.17, 15) is 8.42 Å². The highest BCUT2D eigenvalue weighted by Crippen LogP contribution is 2.22. The lowest BCUT2D eigenvalue weighted by atomic mass is 9.88. The third kappa shape index (κ3) is 5.39.